The lowest BCUT2D eigenvalue weighted by Gasteiger charge is -2.05. The summed E-state index contributed by atoms with van der Waals surface area (Å²) >= 11 is 1.31. The maximum atomic E-state index is 12.3. The summed E-state index contributed by atoms with van der Waals surface area (Å²) in [6, 6.07) is 9.21. The third kappa shape index (κ3) is 5.67. The zero-order valence-corrected chi connectivity index (χ0v) is 16.0. The average molecular weight is 370 g/mol. The fraction of sp³-hybridized carbons (Fsp3) is 0.368. The van der Waals surface area contributed by atoms with Gasteiger partial charge in [-0.3, -0.25) is 10.1 Å². The number of carbonyl (C=O) groups is 1. The summed E-state index contributed by atoms with van der Waals surface area (Å²) in [7, 11) is 0. The molecule has 6 nitrogen and oxygen atoms in total. The van der Waals surface area contributed by atoms with Gasteiger partial charge in [-0.15, -0.1) is 10.2 Å². The molecule has 0 saturated heterocycles. The van der Waals surface area contributed by atoms with Crippen LogP contribution in [0.2, 0.25) is 0 Å². The van der Waals surface area contributed by atoms with Crippen molar-refractivity contribution in [2.45, 2.75) is 39.5 Å². The van der Waals surface area contributed by atoms with Crippen molar-refractivity contribution in [1.29, 1.82) is 5.26 Å². The molecule has 1 heterocycles. The minimum atomic E-state index is -0.498. The Hall–Kier alpha value is -2.72. The number of ether oxygens (including phenoxy) is 1. The van der Waals surface area contributed by atoms with E-state index >= 15 is 0 Å². The number of nitrogens with one attached hydrogen (secondary N) is 1. The first kappa shape index (κ1) is 19.6. The lowest BCUT2D eigenvalue weighted by Crippen LogP contribution is -2.13. The van der Waals surface area contributed by atoms with Crippen LogP contribution in [-0.4, -0.2) is 22.7 Å². The molecule has 0 aliphatic rings. The molecular formula is C19H22N4O2S. The number of hydrogen-bond acceptors (Lipinski definition) is 6. The van der Waals surface area contributed by atoms with Crippen LogP contribution < -0.4 is 10.1 Å². The summed E-state index contributed by atoms with van der Waals surface area (Å²) in [6.45, 7) is 6.79. The summed E-state index contributed by atoms with van der Waals surface area (Å²) in [5, 5.41) is 21.1. The van der Waals surface area contributed by atoms with Gasteiger partial charge < -0.3 is 4.74 Å². The van der Waals surface area contributed by atoms with Gasteiger partial charge in [-0.1, -0.05) is 50.7 Å². The van der Waals surface area contributed by atoms with Crippen LogP contribution in [0.15, 0.2) is 29.8 Å². The van der Waals surface area contributed by atoms with Gasteiger partial charge in [0.15, 0.2) is 0 Å². The fourth-order valence-corrected chi connectivity index (χ4v) is 2.73. The molecule has 1 aromatic heterocycles. The molecule has 2 aromatic rings. The SMILES string of the molecule is CCCCOc1ccc(/C=C(\C#N)C(=O)Nc2nnc(C(C)C)s2)cc1. The van der Waals surface area contributed by atoms with Crippen molar-refractivity contribution in [3.63, 3.8) is 0 Å². The zero-order valence-electron chi connectivity index (χ0n) is 15.2. The molecule has 0 unspecified atom stereocenters. The number of hydrogen-bond donors (Lipinski definition) is 1. The topological polar surface area (TPSA) is 87.9 Å². The summed E-state index contributed by atoms with van der Waals surface area (Å²) in [5.74, 6) is 0.512. The first-order valence-corrected chi connectivity index (χ1v) is 9.34. The van der Waals surface area contributed by atoms with Gasteiger partial charge >= 0.3 is 0 Å². The smallest absolute Gasteiger partial charge is 0.268 e. The van der Waals surface area contributed by atoms with Crippen molar-refractivity contribution in [2.75, 3.05) is 11.9 Å². The fourth-order valence-electron chi connectivity index (χ4n) is 1.99. The van der Waals surface area contributed by atoms with Crippen LogP contribution in [0.25, 0.3) is 6.08 Å². The Labute approximate surface area is 157 Å². The quantitative estimate of drug-likeness (QED) is 0.423. The molecule has 26 heavy (non-hydrogen) atoms. The number of nitriles is 1. The van der Waals surface area contributed by atoms with Gasteiger partial charge in [0.25, 0.3) is 5.91 Å². The molecule has 0 radical (unpaired) electrons. The number of benzene rings is 1. The highest BCUT2D eigenvalue weighted by Crippen LogP contribution is 2.23. The molecule has 2 rings (SSSR count). The molecule has 7 heteroatoms. The van der Waals surface area contributed by atoms with Gasteiger partial charge in [0.2, 0.25) is 5.13 Å². The van der Waals surface area contributed by atoms with E-state index in [9.17, 15) is 10.1 Å². The van der Waals surface area contributed by atoms with Gasteiger partial charge in [0.05, 0.1) is 6.61 Å². The molecule has 0 saturated carbocycles. The second-order valence-corrected chi connectivity index (χ2v) is 7.00. The van der Waals surface area contributed by atoms with E-state index in [1.165, 1.54) is 17.4 Å². The molecule has 0 aliphatic carbocycles. The Kier molecular flexibility index (Phi) is 7.30. The average Bonchev–Trinajstić information content (AvgIpc) is 3.10. The maximum Gasteiger partial charge on any atom is 0.268 e. The second kappa shape index (κ2) is 9.68. The first-order chi connectivity index (χ1) is 12.5. The van der Waals surface area contributed by atoms with E-state index in [1.54, 1.807) is 0 Å². The van der Waals surface area contributed by atoms with Crippen molar-refractivity contribution in [3.05, 3.63) is 40.4 Å². The van der Waals surface area contributed by atoms with Gasteiger partial charge in [0, 0.05) is 5.92 Å². The highest BCUT2D eigenvalue weighted by Gasteiger charge is 2.14. The van der Waals surface area contributed by atoms with Crippen molar-refractivity contribution in [2.24, 2.45) is 0 Å². The minimum absolute atomic E-state index is 0.00551. The van der Waals surface area contributed by atoms with E-state index in [-0.39, 0.29) is 11.5 Å². The summed E-state index contributed by atoms with van der Waals surface area (Å²) in [5.41, 5.74) is 0.755. The van der Waals surface area contributed by atoms with E-state index in [0.29, 0.717) is 11.7 Å². The van der Waals surface area contributed by atoms with Crippen LogP contribution in [0.1, 0.15) is 50.1 Å². The van der Waals surface area contributed by atoms with Crippen LogP contribution >= 0.6 is 11.3 Å². The third-order valence-corrected chi connectivity index (χ3v) is 4.62. The van der Waals surface area contributed by atoms with Gasteiger partial charge in [-0.05, 0) is 30.2 Å². The Bertz CT molecular complexity index is 804. The van der Waals surface area contributed by atoms with Crippen LogP contribution in [-0.2, 0) is 4.79 Å². The Morgan fingerprint density at radius 2 is 2.08 bits per heavy atom. The number of amides is 1. The highest BCUT2D eigenvalue weighted by molar-refractivity contribution is 7.15. The summed E-state index contributed by atoms with van der Waals surface area (Å²) in [4.78, 5) is 12.3. The summed E-state index contributed by atoms with van der Waals surface area (Å²) in [6.07, 6.45) is 3.62. The molecule has 1 amide bonds. The number of carbonyl (C=O) groups excluding carboxylic acids is 1. The molecule has 0 fully saturated rings. The van der Waals surface area contributed by atoms with Crippen LogP contribution in [0, 0.1) is 11.3 Å². The third-order valence-electron chi connectivity index (χ3n) is 3.48. The normalized spacial score (nSPS) is 11.3. The molecule has 0 aliphatic heterocycles. The number of nitrogens with zero attached hydrogens (tertiary/aromatic N) is 3. The molecule has 0 bridgehead atoms. The largest absolute Gasteiger partial charge is 0.494 e. The molecule has 1 N–H and O–H groups in total. The number of unbranched alkanes of at least 4 members (excludes halogenated alkanes) is 1. The van der Waals surface area contributed by atoms with Crippen molar-refractivity contribution < 1.29 is 9.53 Å². The lowest BCUT2D eigenvalue weighted by molar-refractivity contribution is -0.112. The van der Waals surface area contributed by atoms with E-state index in [1.807, 2.05) is 44.2 Å². The molecule has 0 atom stereocenters. The molecular weight excluding hydrogens is 348 g/mol. The number of rotatable bonds is 8. The predicted octanol–water partition coefficient (Wildman–Crippen LogP) is 4.39. The minimum Gasteiger partial charge on any atom is -0.494 e. The first-order valence-electron chi connectivity index (χ1n) is 8.53. The maximum absolute atomic E-state index is 12.3. The van der Waals surface area contributed by atoms with Crippen molar-refractivity contribution >= 4 is 28.5 Å². The van der Waals surface area contributed by atoms with E-state index in [0.717, 1.165) is 29.2 Å². The lowest BCUT2D eigenvalue weighted by atomic mass is 10.1. The van der Waals surface area contributed by atoms with Gasteiger partial charge in [0.1, 0.15) is 22.4 Å². The van der Waals surface area contributed by atoms with Crippen LogP contribution in [0.3, 0.4) is 0 Å². The Morgan fingerprint density at radius 3 is 2.65 bits per heavy atom. The monoisotopic (exact) mass is 370 g/mol. The number of anilines is 1. The standard InChI is InChI=1S/C19H22N4O2S/c1-4-5-10-25-16-8-6-14(7-9-16)11-15(12-20)17(24)21-19-23-22-18(26-19)13(2)3/h6-9,11,13H,4-5,10H2,1-3H3,(H,21,23,24)/b15-11+. The van der Waals surface area contributed by atoms with E-state index < -0.39 is 5.91 Å². The second-order valence-electron chi connectivity index (χ2n) is 6.00. The Balaban J connectivity index is 2.03. The van der Waals surface area contributed by atoms with E-state index in [4.69, 9.17) is 4.74 Å². The van der Waals surface area contributed by atoms with Crippen LogP contribution in [0.4, 0.5) is 5.13 Å². The highest BCUT2D eigenvalue weighted by atomic mass is 32.1. The van der Waals surface area contributed by atoms with Gasteiger partial charge in [-0.2, -0.15) is 5.26 Å². The van der Waals surface area contributed by atoms with E-state index in [2.05, 4.69) is 22.4 Å². The van der Waals surface area contributed by atoms with Crippen molar-refractivity contribution in [3.8, 4) is 11.8 Å². The molecule has 0 spiro atoms. The predicted molar refractivity (Wildman–Crippen MR) is 103 cm³/mol. The van der Waals surface area contributed by atoms with Gasteiger partial charge in [-0.25, -0.2) is 0 Å². The molecule has 1 aromatic carbocycles. The molecule has 136 valence electrons. The number of aromatic nitrogens is 2. The van der Waals surface area contributed by atoms with Crippen LogP contribution in [0.5, 0.6) is 5.75 Å². The zero-order chi connectivity index (χ0) is 18.9. The summed E-state index contributed by atoms with van der Waals surface area (Å²) < 4.78 is 5.60. The Morgan fingerprint density at radius 1 is 1.35 bits per heavy atom. The van der Waals surface area contributed by atoms with Crippen molar-refractivity contribution in [1.82, 2.24) is 10.2 Å².